The fourth-order valence-electron chi connectivity index (χ4n) is 2.39. The van der Waals surface area contributed by atoms with Crippen LogP contribution in [0.5, 0.6) is 0 Å². The number of amides is 1. The van der Waals surface area contributed by atoms with Crippen LogP contribution in [0.2, 0.25) is 0 Å². The van der Waals surface area contributed by atoms with Gasteiger partial charge >= 0.3 is 0 Å². The summed E-state index contributed by atoms with van der Waals surface area (Å²) in [6, 6.07) is 11.9. The van der Waals surface area contributed by atoms with Crippen molar-refractivity contribution in [1.29, 1.82) is 0 Å². The van der Waals surface area contributed by atoms with Crippen molar-refractivity contribution in [3.05, 3.63) is 42.2 Å². The molecule has 136 valence electrons. The number of rotatable bonds is 11. The van der Waals surface area contributed by atoms with Crippen LogP contribution >= 0.6 is 0 Å². The van der Waals surface area contributed by atoms with E-state index in [0.717, 1.165) is 29.9 Å². The Bertz CT molecular complexity index is 627. The number of ether oxygens (including phenoxy) is 2. The summed E-state index contributed by atoms with van der Waals surface area (Å²) in [5, 5.41) is 4.10. The summed E-state index contributed by atoms with van der Waals surface area (Å²) < 4.78 is 15.6. The van der Waals surface area contributed by atoms with Gasteiger partial charge in [-0.15, -0.1) is 0 Å². The van der Waals surface area contributed by atoms with Crippen molar-refractivity contribution in [3.8, 4) is 11.3 Å². The van der Waals surface area contributed by atoms with E-state index < -0.39 is 0 Å². The minimum absolute atomic E-state index is 0.0833. The van der Waals surface area contributed by atoms with E-state index in [2.05, 4.69) is 5.16 Å². The average molecular weight is 346 g/mol. The van der Waals surface area contributed by atoms with Crippen LogP contribution in [0, 0.1) is 0 Å². The molecular weight excluding hydrogens is 320 g/mol. The highest BCUT2D eigenvalue weighted by Gasteiger charge is 2.10. The Balaban J connectivity index is 1.66. The van der Waals surface area contributed by atoms with Crippen LogP contribution in [0.1, 0.15) is 18.6 Å². The van der Waals surface area contributed by atoms with Crippen LogP contribution in [0.15, 0.2) is 40.9 Å². The molecule has 0 aliphatic rings. The maximum Gasteiger partial charge on any atom is 0.224 e. The first-order valence-electron chi connectivity index (χ1n) is 8.52. The zero-order valence-corrected chi connectivity index (χ0v) is 14.9. The van der Waals surface area contributed by atoms with Crippen LogP contribution < -0.4 is 0 Å². The fraction of sp³-hybridized carbons (Fsp3) is 0.474. The van der Waals surface area contributed by atoms with Crippen molar-refractivity contribution in [1.82, 2.24) is 10.1 Å². The molecule has 1 aromatic carbocycles. The lowest BCUT2D eigenvalue weighted by Gasteiger charge is -2.16. The molecule has 0 unspecified atom stereocenters. The van der Waals surface area contributed by atoms with E-state index in [0.29, 0.717) is 32.8 Å². The Morgan fingerprint density at radius 1 is 1.20 bits per heavy atom. The Morgan fingerprint density at radius 3 is 2.76 bits per heavy atom. The molecule has 0 saturated heterocycles. The molecule has 0 spiro atoms. The first-order chi connectivity index (χ1) is 12.2. The molecule has 0 bridgehead atoms. The molecule has 6 nitrogen and oxygen atoms in total. The van der Waals surface area contributed by atoms with Crippen LogP contribution in [0.4, 0.5) is 0 Å². The van der Waals surface area contributed by atoms with Gasteiger partial charge in [0.25, 0.3) is 0 Å². The van der Waals surface area contributed by atoms with Crippen LogP contribution in [0.25, 0.3) is 11.3 Å². The summed E-state index contributed by atoms with van der Waals surface area (Å²) >= 11 is 0. The molecule has 25 heavy (non-hydrogen) atoms. The standard InChI is InChI=1S/C19H26N2O4/c1-21(19(22)10-12-24-14-13-23-2)11-6-9-17-15-18(20-25-17)16-7-4-3-5-8-16/h3-5,7-8,15H,6,9-14H2,1-2H3. The second-order valence-electron chi connectivity index (χ2n) is 5.82. The minimum atomic E-state index is 0.0833. The predicted molar refractivity (Wildman–Crippen MR) is 95.2 cm³/mol. The topological polar surface area (TPSA) is 64.8 Å². The zero-order valence-electron chi connectivity index (χ0n) is 14.9. The summed E-state index contributed by atoms with van der Waals surface area (Å²) in [7, 11) is 3.44. The van der Waals surface area contributed by atoms with Crippen LogP contribution in [-0.2, 0) is 20.7 Å². The molecule has 0 radical (unpaired) electrons. The molecule has 0 atom stereocenters. The van der Waals surface area contributed by atoms with Crippen molar-refractivity contribution in [3.63, 3.8) is 0 Å². The van der Waals surface area contributed by atoms with Crippen molar-refractivity contribution in [2.24, 2.45) is 0 Å². The largest absolute Gasteiger partial charge is 0.382 e. The van der Waals surface area contributed by atoms with Gasteiger partial charge in [-0.1, -0.05) is 35.5 Å². The highest BCUT2D eigenvalue weighted by Crippen LogP contribution is 2.19. The molecule has 0 N–H and O–H groups in total. The minimum Gasteiger partial charge on any atom is -0.382 e. The monoisotopic (exact) mass is 346 g/mol. The summed E-state index contributed by atoms with van der Waals surface area (Å²) in [5.41, 5.74) is 1.88. The number of nitrogens with zero attached hydrogens (tertiary/aromatic N) is 2. The molecule has 2 aromatic rings. The molecule has 1 aromatic heterocycles. The van der Waals surface area contributed by atoms with E-state index in [1.54, 1.807) is 12.0 Å². The van der Waals surface area contributed by atoms with Gasteiger partial charge in [-0.2, -0.15) is 0 Å². The Hall–Kier alpha value is -2.18. The molecule has 0 fully saturated rings. The number of methoxy groups -OCH3 is 1. The lowest BCUT2D eigenvalue weighted by atomic mass is 10.1. The third-order valence-electron chi connectivity index (χ3n) is 3.86. The fourth-order valence-corrected chi connectivity index (χ4v) is 2.39. The first kappa shape index (κ1) is 19.1. The molecule has 0 saturated carbocycles. The van der Waals surface area contributed by atoms with Gasteiger partial charge in [0.15, 0.2) is 0 Å². The lowest BCUT2D eigenvalue weighted by molar-refractivity contribution is -0.131. The van der Waals surface area contributed by atoms with Crippen LogP contribution in [-0.4, -0.2) is 56.5 Å². The maximum absolute atomic E-state index is 12.0. The maximum atomic E-state index is 12.0. The first-order valence-corrected chi connectivity index (χ1v) is 8.52. The molecule has 6 heteroatoms. The Labute approximate surface area is 148 Å². The second kappa shape index (κ2) is 10.6. The van der Waals surface area contributed by atoms with Gasteiger partial charge in [-0.25, -0.2) is 0 Å². The normalized spacial score (nSPS) is 10.8. The molecular formula is C19H26N2O4. The number of benzene rings is 1. The lowest BCUT2D eigenvalue weighted by Crippen LogP contribution is -2.29. The van der Waals surface area contributed by atoms with Crippen molar-refractivity contribution in [2.75, 3.05) is 40.5 Å². The van der Waals surface area contributed by atoms with E-state index in [-0.39, 0.29) is 5.91 Å². The van der Waals surface area contributed by atoms with E-state index in [9.17, 15) is 4.79 Å². The molecule has 0 aliphatic heterocycles. The second-order valence-corrected chi connectivity index (χ2v) is 5.82. The van der Waals surface area contributed by atoms with Gasteiger partial charge < -0.3 is 18.9 Å². The van der Waals surface area contributed by atoms with Crippen molar-refractivity contribution >= 4 is 5.91 Å². The zero-order chi connectivity index (χ0) is 17.9. The third-order valence-corrected chi connectivity index (χ3v) is 3.86. The molecule has 1 amide bonds. The average Bonchev–Trinajstić information content (AvgIpc) is 3.11. The summed E-state index contributed by atoms with van der Waals surface area (Å²) in [6.07, 6.45) is 1.97. The quantitative estimate of drug-likeness (QED) is 0.585. The third kappa shape index (κ3) is 6.68. The summed E-state index contributed by atoms with van der Waals surface area (Å²) in [5.74, 6) is 0.919. The molecule has 2 rings (SSSR count). The molecule has 0 aliphatic carbocycles. The number of hydrogen-bond donors (Lipinski definition) is 0. The number of hydrogen-bond acceptors (Lipinski definition) is 5. The van der Waals surface area contributed by atoms with Gasteiger partial charge in [0.2, 0.25) is 5.91 Å². The van der Waals surface area contributed by atoms with Gasteiger partial charge in [-0.05, 0) is 6.42 Å². The number of carbonyl (C=O) groups excluding carboxylic acids is 1. The molecule has 1 heterocycles. The summed E-state index contributed by atoms with van der Waals surface area (Å²) in [4.78, 5) is 13.7. The number of aromatic nitrogens is 1. The van der Waals surface area contributed by atoms with Gasteiger partial charge in [0.05, 0.1) is 26.2 Å². The smallest absolute Gasteiger partial charge is 0.224 e. The number of aryl methyl sites for hydroxylation is 1. The number of carbonyl (C=O) groups is 1. The Kier molecular flexibility index (Phi) is 8.15. The highest BCUT2D eigenvalue weighted by atomic mass is 16.5. The highest BCUT2D eigenvalue weighted by molar-refractivity contribution is 5.75. The van der Waals surface area contributed by atoms with Crippen molar-refractivity contribution < 1.29 is 18.8 Å². The summed E-state index contributed by atoms with van der Waals surface area (Å²) in [6.45, 7) is 2.17. The van der Waals surface area contributed by atoms with E-state index >= 15 is 0 Å². The van der Waals surface area contributed by atoms with Gasteiger partial charge in [0.1, 0.15) is 11.5 Å². The van der Waals surface area contributed by atoms with Crippen LogP contribution in [0.3, 0.4) is 0 Å². The van der Waals surface area contributed by atoms with E-state index in [1.165, 1.54) is 0 Å². The van der Waals surface area contributed by atoms with E-state index in [4.69, 9.17) is 14.0 Å². The van der Waals surface area contributed by atoms with E-state index in [1.807, 2.05) is 43.4 Å². The Morgan fingerprint density at radius 2 is 2.00 bits per heavy atom. The SMILES string of the molecule is COCCOCCC(=O)N(C)CCCc1cc(-c2ccccc2)no1. The van der Waals surface area contributed by atoms with Gasteiger partial charge in [0, 0.05) is 38.8 Å². The van der Waals surface area contributed by atoms with Gasteiger partial charge in [-0.3, -0.25) is 4.79 Å². The van der Waals surface area contributed by atoms with Crippen molar-refractivity contribution in [2.45, 2.75) is 19.3 Å². The predicted octanol–water partition coefficient (Wildman–Crippen LogP) is 2.79.